The van der Waals surface area contributed by atoms with Crippen LogP contribution in [0.1, 0.15) is 25.7 Å². The van der Waals surface area contributed by atoms with Crippen LogP contribution in [0.3, 0.4) is 0 Å². The van der Waals surface area contributed by atoms with Crippen LogP contribution >= 0.6 is 0 Å². The highest BCUT2D eigenvalue weighted by atomic mass is 16.4. The fourth-order valence-corrected chi connectivity index (χ4v) is 1.87. The van der Waals surface area contributed by atoms with E-state index in [9.17, 15) is 9.59 Å². The van der Waals surface area contributed by atoms with Crippen molar-refractivity contribution >= 4 is 17.8 Å². The molecular formula is C11H21N5O3. The van der Waals surface area contributed by atoms with Gasteiger partial charge in [-0.2, -0.15) is 0 Å². The first-order valence-corrected chi connectivity index (χ1v) is 6.26. The molecule has 0 aromatic rings. The van der Waals surface area contributed by atoms with Crippen LogP contribution in [0.5, 0.6) is 0 Å². The molecule has 8 heteroatoms. The van der Waals surface area contributed by atoms with Crippen molar-refractivity contribution in [3.63, 3.8) is 0 Å². The Morgan fingerprint density at radius 1 is 1.58 bits per heavy atom. The number of carbonyl (C=O) groups excluding carboxylic acids is 1. The van der Waals surface area contributed by atoms with Gasteiger partial charge in [0.05, 0.1) is 6.04 Å². The van der Waals surface area contributed by atoms with Crippen LogP contribution in [-0.4, -0.2) is 48.1 Å². The largest absolute Gasteiger partial charge is 0.480 e. The number of amides is 1. The fraction of sp³-hybridized carbons (Fsp3) is 0.727. The highest BCUT2D eigenvalue weighted by molar-refractivity contribution is 5.87. The molecule has 0 saturated carbocycles. The Labute approximate surface area is 113 Å². The number of carboxylic acids is 1. The number of hydrogen-bond acceptors (Lipinski definition) is 4. The minimum absolute atomic E-state index is 0.0447. The number of aliphatic imine (C=N–C) groups is 1. The molecule has 0 aromatic heterocycles. The summed E-state index contributed by atoms with van der Waals surface area (Å²) in [4.78, 5) is 26.8. The zero-order valence-corrected chi connectivity index (χ0v) is 10.7. The normalized spacial score (nSPS) is 21.5. The van der Waals surface area contributed by atoms with Gasteiger partial charge in [0, 0.05) is 6.54 Å². The molecule has 0 radical (unpaired) electrons. The summed E-state index contributed by atoms with van der Waals surface area (Å²) in [5.41, 5.74) is 10.3. The standard InChI is InChI=1S/C11H21N5O3/c12-11(13)15-6-2-4-8(10(18)19)16-9(17)7-3-1-5-14-7/h7-8,14H,1-6H2,(H,16,17)(H,18,19)(H4,12,13,15)/t7-,8-/m0/s1/i/hD. The van der Waals surface area contributed by atoms with Crippen molar-refractivity contribution in [1.82, 2.24) is 10.6 Å². The fourth-order valence-electron chi connectivity index (χ4n) is 1.87. The molecule has 1 amide bonds. The Hall–Kier alpha value is -1.83. The lowest BCUT2D eigenvalue weighted by atomic mass is 10.1. The third-order valence-electron chi connectivity index (χ3n) is 2.85. The second kappa shape index (κ2) is 7.57. The maximum atomic E-state index is 11.9. The van der Waals surface area contributed by atoms with Crippen LogP contribution in [0.25, 0.3) is 0 Å². The Morgan fingerprint density at radius 2 is 2.32 bits per heavy atom. The Morgan fingerprint density at radius 3 is 2.84 bits per heavy atom. The zero-order chi connectivity index (χ0) is 15.1. The predicted octanol–water partition coefficient (Wildman–Crippen LogP) is -1.64. The zero-order valence-electron chi connectivity index (χ0n) is 11.7. The van der Waals surface area contributed by atoms with E-state index >= 15 is 0 Å². The minimum Gasteiger partial charge on any atom is -0.480 e. The predicted molar refractivity (Wildman–Crippen MR) is 70.5 cm³/mol. The van der Waals surface area contributed by atoms with E-state index in [0.717, 1.165) is 6.42 Å². The van der Waals surface area contributed by atoms with E-state index in [1.165, 1.54) is 5.31 Å². The molecule has 1 fully saturated rings. The molecule has 0 aromatic carbocycles. The summed E-state index contributed by atoms with van der Waals surface area (Å²) in [5, 5.41) is 12.7. The number of nitrogens with one attached hydrogen (secondary N) is 2. The van der Waals surface area contributed by atoms with Crippen LogP contribution < -0.4 is 22.1 Å². The van der Waals surface area contributed by atoms with Gasteiger partial charge in [0.25, 0.3) is 0 Å². The average Bonchev–Trinajstić information content (AvgIpc) is 2.78. The van der Waals surface area contributed by atoms with Crippen LogP contribution in [0.15, 0.2) is 4.99 Å². The Bertz CT molecular complexity index is 386. The van der Waals surface area contributed by atoms with E-state index in [1.54, 1.807) is 0 Å². The lowest BCUT2D eigenvalue weighted by Crippen LogP contribution is -2.48. The Balaban J connectivity index is 2.44. The molecular weight excluding hydrogens is 250 g/mol. The third kappa shape index (κ3) is 5.56. The maximum absolute atomic E-state index is 11.9. The molecule has 19 heavy (non-hydrogen) atoms. The first-order chi connectivity index (χ1) is 9.41. The van der Waals surface area contributed by atoms with Gasteiger partial charge in [-0.1, -0.05) is 0 Å². The molecule has 1 heterocycles. The van der Waals surface area contributed by atoms with Crippen molar-refractivity contribution in [1.29, 1.82) is 0 Å². The van der Waals surface area contributed by atoms with Gasteiger partial charge < -0.3 is 27.2 Å². The summed E-state index contributed by atoms with van der Waals surface area (Å²) >= 11 is 0. The first kappa shape index (κ1) is 13.6. The Kier molecular flexibility index (Phi) is 5.42. The molecule has 2 atom stereocenters. The third-order valence-corrected chi connectivity index (χ3v) is 2.85. The second-order valence-corrected chi connectivity index (χ2v) is 4.41. The molecule has 108 valence electrons. The van der Waals surface area contributed by atoms with Crippen LogP contribution in [0.2, 0.25) is 1.41 Å². The maximum Gasteiger partial charge on any atom is 0.326 e. The summed E-state index contributed by atoms with van der Waals surface area (Å²) in [6.07, 6.45) is 2.03. The number of aliphatic carboxylic acids is 1. The van der Waals surface area contributed by atoms with Gasteiger partial charge in [0.1, 0.15) is 7.45 Å². The minimum atomic E-state index is -1.10. The van der Waals surface area contributed by atoms with Gasteiger partial charge in [-0.15, -0.1) is 0 Å². The molecule has 1 rings (SSSR count). The van der Waals surface area contributed by atoms with Crippen molar-refractivity contribution in [2.45, 2.75) is 37.8 Å². The SMILES string of the molecule is [2H]N1CCC[C@H]1C(=O)N[C@@H](CCCN=C(N)N)C(=O)O. The molecule has 8 nitrogen and oxygen atoms in total. The smallest absolute Gasteiger partial charge is 0.326 e. The van der Waals surface area contributed by atoms with Crippen LogP contribution in [0, 0.1) is 0 Å². The van der Waals surface area contributed by atoms with Gasteiger partial charge >= 0.3 is 5.97 Å². The number of rotatable bonds is 7. The molecule has 1 saturated heterocycles. The van der Waals surface area contributed by atoms with E-state index < -0.39 is 24.0 Å². The monoisotopic (exact) mass is 272 g/mol. The number of hydrogen-bond donors (Lipinski definition) is 5. The molecule has 0 bridgehead atoms. The average molecular weight is 272 g/mol. The number of guanidine groups is 1. The van der Waals surface area contributed by atoms with Crippen molar-refractivity contribution in [3.05, 3.63) is 0 Å². The summed E-state index contributed by atoms with van der Waals surface area (Å²) < 4.78 is 7.57. The highest BCUT2D eigenvalue weighted by Gasteiger charge is 2.26. The van der Waals surface area contributed by atoms with Crippen molar-refractivity contribution in [2.75, 3.05) is 13.1 Å². The summed E-state index contributed by atoms with van der Waals surface area (Å²) in [7, 11) is 0. The van der Waals surface area contributed by atoms with Crippen molar-refractivity contribution in [3.8, 4) is 0 Å². The molecule has 1 aliphatic heterocycles. The molecule has 7 N–H and O–H groups in total. The lowest BCUT2D eigenvalue weighted by molar-refractivity contribution is -0.142. The van der Waals surface area contributed by atoms with E-state index in [-0.39, 0.29) is 12.4 Å². The lowest BCUT2D eigenvalue weighted by Gasteiger charge is -2.17. The molecule has 1 aliphatic rings. The molecule has 0 spiro atoms. The first-order valence-electron chi connectivity index (χ1n) is 6.70. The number of nitrogens with two attached hydrogens (primary N) is 2. The number of nitrogens with zero attached hydrogens (tertiary/aromatic N) is 1. The number of carboxylic acid groups (broad SMARTS) is 1. The second-order valence-electron chi connectivity index (χ2n) is 4.41. The van der Waals surface area contributed by atoms with E-state index in [2.05, 4.69) is 10.3 Å². The topological polar surface area (TPSA) is 143 Å². The van der Waals surface area contributed by atoms with E-state index in [1.807, 2.05) is 0 Å². The quantitative estimate of drug-likeness (QED) is 0.214. The van der Waals surface area contributed by atoms with Gasteiger partial charge in [0.2, 0.25) is 5.91 Å². The van der Waals surface area contributed by atoms with Crippen LogP contribution in [-0.2, 0) is 9.59 Å². The van der Waals surface area contributed by atoms with Crippen LogP contribution in [0.4, 0.5) is 0 Å². The summed E-state index contributed by atoms with van der Waals surface area (Å²) in [5.74, 6) is -1.55. The summed E-state index contributed by atoms with van der Waals surface area (Å²) in [6.45, 7) is 0.844. The van der Waals surface area contributed by atoms with Gasteiger partial charge in [-0.25, -0.2) is 4.79 Å². The van der Waals surface area contributed by atoms with Gasteiger partial charge in [-0.3, -0.25) is 9.79 Å². The van der Waals surface area contributed by atoms with E-state index in [0.29, 0.717) is 25.9 Å². The number of carbonyl (C=O) groups is 2. The van der Waals surface area contributed by atoms with Gasteiger partial charge in [0.15, 0.2) is 5.96 Å². The van der Waals surface area contributed by atoms with Crippen molar-refractivity contribution < 1.29 is 16.1 Å². The summed E-state index contributed by atoms with van der Waals surface area (Å²) in [6, 6.07) is -1.54. The highest BCUT2D eigenvalue weighted by Crippen LogP contribution is 2.06. The molecule has 0 aliphatic carbocycles. The molecule has 0 unspecified atom stereocenters. The van der Waals surface area contributed by atoms with Crippen molar-refractivity contribution in [2.24, 2.45) is 16.5 Å². The van der Waals surface area contributed by atoms with Gasteiger partial charge in [-0.05, 0) is 32.2 Å². The van der Waals surface area contributed by atoms with E-state index in [4.69, 9.17) is 18.0 Å².